The molecule has 0 spiro atoms. The third kappa shape index (κ3) is 3.88. The summed E-state index contributed by atoms with van der Waals surface area (Å²) in [6.07, 6.45) is 2.02. The van der Waals surface area contributed by atoms with Crippen LogP contribution >= 0.6 is 0 Å². The molecule has 1 aliphatic rings. The van der Waals surface area contributed by atoms with Gasteiger partial charge in [-0.05, 0) is 36.5 Å². The Labute approximate surface area is 153 Å². The van der Waals surface area contributed by atoms with Gasteiger partial charge in [0.15, 0.2) is 9.84 Å². The van der Waals surface area contributed by atoms with Crippen LogP contribution in [0.2, 0.25) is 0 Å². The molecule has 7 heteroatoms. The first-order valence-electron chi connectivity index (χ1n) is 8.67. The van der Waals surface area contributed by atoms with E-state index in [0.717, 1.165) is 12.8 Å². The van der Waals surface area contributed by atoms with Crippen molar-refractivity contribution < 1.29 is 13.3 Å². The molecule has 138 valence electrons. The van der Waals surface area contributed by atoms with Crippen LogP contribution in [0.5, 0.6) is 0 Å². The van der Waals surface area contributed by atoms with Gasteiger partial charge in [0.2, 0.25) is 0 Å². The van der Waals surface area contributed by atoms with Gasteiger partial charge in [-0.1, -0.05) is 43.3 Å². The van der Waals surface area contributed by atoms with E-state index in [1.54, 1.807) is 42.5 Å². The molecule has 2 aromatic rings. The van der Waals surface area contributed by atoms with Crippen molar-refractivity contribution in [1.29, 1.82) is 0 Å². The van der Waals surface area contributed by atoms with Gasteiger partial charge < -0.3 is 4.90 Å². The van der Waals surface area contributed by atoms with Gasteiger partial charge in [0.05, 0.1) is 10.7 Å². The molecular weight excluding hydrogens is 352 g/mol. The molecule has 1 fully saturated rings. The fourth-order valence-electron chi connectivity index (χ4n) is 3.48. The average molecular weight is 374 g/mol. The minimum atomic E-state index is -3.83. The molecule has 1 unspecified atom stereocenters. The lowest BCUT2D eigenvalue weighted by atomic mass is 9.99. The predicted octanol–water partition coefficient (Wildman–Crippen LogP) is 3.81. The number of nitrogens with zero attached hydrogens (tertiary/aromatic N) is 2. The van der Waals surface area contributed by atoms with Crippen LogP contribution in [0.4, 0.5) is 11.4 Å². The van der Waals surface area contributed by atoms with Crippen LogP contribution in [-0.4, -0.2) is 26.4 Å². The van der Waals surface area contributed by atoms with E-state index < -0.39 is 14.8 Å². The van der Waals surface area contributed by atoms with Crippen molar-refractivity contribution in [2.45, 2.75) is 30.4 Å². The Morgan fingerprint density at radius 3 is 2.54 bits per heavy atom. The highest BCUT2D eigenvalue weighted by molar-refractivity contribution is 7.90. The molecule has 1 atom stereocenters. The summed E-state index contributed by atoms with van der Waals surface area (Å²) in [5, 5.41) is 11.8. The largest absolute Gasteiger partial charge is 0.366 e. The lowest BCUT2D eigenvalue weighted by molar-refractivity contribution is -0.387. The van der Waals surface area contributed by atoms with Crippen LogP contribution in [-0.2, 0) is 15.6 Å². The highest BCUT2D eigenvalue weighted by Gasteiger charge is 2.32. The zero-order chi connectivity index (χ0) is 18.7. The zero-order valence-corrected chi connectivity index (χ0v) is 15.5. The smallest absolute Gasteiger partial charge is 0.311 e. The molecule has 3 rings (SSSR count). The Bertz CT molecular complexity index is 897. The van der Waals surface area contributed by atoms with E-state index in [4.69, 9.17) is 0 Å². The second-order valence-corrected chi connectivity index (χ2v) is 8.78. The van der Waals surface area contributed by atoms with Gasteiger partial charge in [0.1, 0.15) is 10.6 Å². The number of nitro benzene ring substituents is 1. The Kier molecular flexibility index (Phi) is 5.27. The second-order valence-electron chi connectivity index (χ2n) is 6.82. The van der Waals surface area contributed by atoms with Gasteiger partial charge in [-0.25, -0.2) is 8.42 Å². The van der Waals surface area contributed by atoms with E-state index in [1.165, 1.54) is 6.07 Å². The second kappa shape index (κ2) is 7.45. The molecule has 0 amide bonds. The molecule has 0 bridgehead atoms. The normalized spacial score (nSPS) is 17.9. The van der Waals surface area contributed by atoms with Crippen molar-refractivity contribution >= 4 is 21.2 Å². The molecular formula is C19H22N2O4S. The van der Waals surface area contributed by atoms with Gasteiger partial charge in [0.25, 0.3) is 0 Å². The summed E-state index contributed by atoms with van der Waals surface area (Å²) < 4.78 is 25.8. The Hall–Kier alpha value is -2.41. The average Bonchev–Trinajstić information content (AvgIpc) is 2.61. The van der Waals surface area contributed by atoms with Gasteiger partial charge in [0, 0.05) is 13.1 Å². The zero-order valence-electron chi connectivity index (χ0n) is 14.7. The molecule has 2 aromatic carbocycles. The Balaban J connectivity index is 2.04. The third-order valence-corrected chi connectivity index (χ3v) is 6.41. The number of piperidine rings is 1. The number of benzene rings is 2. The van der Waals surface area contributed by atoms with Crippen molar-refractivity contribution in [3.05, 3.63) is 64.2 Å². The summed E-state index contributed by atoms with van der Waals surface area (Å²) in [5.41, 5.74) is 0.701. The fourth-order valence-corrected chi connectivity index (χ4v) is 5.03. The van der Waals surface area contributed by atoms with Crippen molar-refractivity contribution in [1.82, 2.24) is 0 Å². The molecule has 0 radical (unpaired) electrons. The number of para-hydroxylation sites is 1. The lowest BCUT2D eigenvalue weighted by Gasteiger charge is -2.32. The summed E-state index contributed by atoms with van der Waals surface area (Å²) >= 11 is 0. The maximum Gasteiger partial charge on any atom is 0.311 e. The van der Waals surface area contributed by atoms with Crippen LogP contribution in [0, 0.1) is 16.0 Å². The molecule has 6 nitrogen and oxygen atoms in total. The summed E-state index contributed by atoms with van der Waals surface area (Å²) in [6, 6.07) is 13.3. The molecule has 1 heterocycles. The number of anilines is 1. The van der Waals surface area contributed by atoms with Crippen LogP contribution in [0.25, 0.3) is 0 Å². The predicted molar refractivity (Wildman–Crippen MR) is 101 cm³/mol. The highest BCUT2D eigenvalue weighted by Crippen LogP contribution is 2.37. The maximum absolute atomic E-state index is 12.9. The maximum atomic E-state index is 12.9. The van der Waals surface area contributed by atoms with Crippen LogP contribution in [0.1, 0.15) is 25.3 Å². The van der Waals surface area contributed by atoms with Gasteiger partial charge >= 0.3 is 5.69 Å². The Morgan fingerprint density at radius 1 is 1.15 bits per heavy atom. The van der Waals surface area contributed by atoms with Gasteiger partial charge in [-0.15, -0.1) is 0 Å². The minimum Gasteiger partial charge on any atom is -0.366 e. The number of hydrogen-bond acceptors (Lipinski definition) is 5. The molecule has 1 saturated heterocycles. The van der Waals surface area contributed by atoms with Gasteiger partial charge in [-0.2, -0.15) is 0 Å². The fraction of sp³-hybridized carbons (Fsp3) is 0.368. The van der Waals surface area contributed by atoms with E-state index >= 15 is 0 Å². The van der Waals surface area contributed by atoms with E-state index in [9.17, 15) is 18.5 Å². The first-order valence-corrected chi connectivity index (χ1v) is 10.3. The van der Waals surface area contributed by atoms with Crippen molar-refractivity contribution in [2.75, 3.05) is 18.0 Å². The van der Waals surface area contributed by atoms with Crippen molar-refractivity contribution in [3.8, 4) is 0 Å². The number of hydrogen-bond donors (Lipinski definition) is 0. The van der Waals surface area contributed by atoms with Crippen LogP contribution in [0.3, 0.4) is 0 Å². The van der Waals surface area contributed by atoms with Crippen molar-refractivity contribution in [3.63, 3.8) is 0 Å². The van der Waals surface area contributed by atoms with Crippen molar-refractivity contribution in [2.24, 2.45) is 5.92 Å². The van der Waals surface area contributed by atoms with Crippen LogP contribution in [0.15, 0.2) is 53.4 Å². The molecule has 1 aliphatic heterocycles. The third-order valence-electron chi connectivity index (χ3n) is 4.69. The molecule has 0 N–H and O–H groups in total. The molecule has 26 heavy (non-hydrogen) atoms. The standard InChI is InChI=1S/C19H22N2O4S/c1-15-7-6-12-20(13-15)17-10-5-11-18(19(17)21(22)23)26(24,25)14-16-8-3-2-4-9-16/h2-5,8-11,15H,6-7,12-14H2,1H3. The first-order chi connectivity index (χ1) is 12.4. The SMILES string of the molecule is CC1CCCN(c2cccc(S(=O)(=O)Cc3ccccc3)c2[N+](=O)[O-])C1. The summed E-state index contributed by atoms with van der Waals surface area (Å²) in [7, 11) is -3.83. The molecule has 0 aliphatic carbocycles. The highest BCUT2D eigenvalue weighted by atomic mass is 32.2. The number of nitro groups is 1. The monoisotopic (exact) mass is 374 g/mol. The summed E-state index contributed by atoms with van der Waals surface area (Å²) in [6.45, 7) is 3.50. The molecule has 0 saturated carbocycles. The Morgan fingerprint density at radius 2 is 1.88 bits per heavy atom. The van der Waals surface area contributed by atoms with Gasteiger partial charge in [-0.3, -0.25) is 10.1 Å². The lowest BCUT2D eigenvalue weighted by Crippen LogP contribution is -2.34. The number of sulfone groups is 1. The number of rotatable bonds is 5. The summed E-state index contributed by atoms with van der Waals surface area (Å²) in [5.74, 6) is 0.169. The van der Waals surface area contributed by atoms with E-state index in [0.29, 0.717) is 30.3 Å². The van der Waals surface area contributed by atoms with E-state index in [1.807, 2.05) is 4.90 Å². The van der Waals surface area contributed by atoms with E-state index in [-0.39, 0.29) is 16.3 Å². The topological polar surface area (TPSA) is 80.5 Å². The molecule has 0 aromatic heterocycles. The van der Waals surface area contributed by atoms with E-state index in [2.05, 4.69) is 6.92 Å². The summed E-state index contributed by atoms with van der Waals surface area (Å²) in [4.78, 5) is 12.9. The van der Waals surface area contributed by atoms with Crippen LogP contribution < -0.4 is 4.90 Å². The quantitative estimate of drug-likeness (QED) is 0.587. The first kappa shape index (κ1) is 18.4. The minimum absolute atomic E-state index is 0.206.